The van der Waals surface area contributed by atoms with Gasteiger partial charge in [0, 0.05) is 23.6 Å². The van der Waals surface area contributed by atoms with E-state index in [1.807, 2.05) is 0 Å². The van der Waals surface area contributed by atoms with Crippen molar-refractivity contribution in [1.29, 1.82) is 0 Å². The van der Waals surface area contributed by atoms with Crippen molar-refractivity contribution in [3.8, 4) is 11.3 Å². The zero-order chi connectivity index (χ0) is 21.4. The lowest BCUT2D eigenvalue weighted by Gasteiger charge is -2.16. The van der Waals surface area contributed by atoms with Gasteiger partial charge in [0.25, 0.3) is 0 Å². The van der Waals surface area contributed by atoms with Crippen LogP contribution in [-0.2, 0) is 13.2 Å². The summed E-state index contributed by atoms with van der Waals surface area (Å²) in [4.78, 5) is 12.0. The van der Waals surface area contributed by atoms with E-state index in [0.717, 1.165) is 19.2 Å². The average molecular weight is 432 g/mol. The molecule has 0 bridgehead atoms. The van der Waals surface area contributed by atoms with Crippen LogP contribution in [0.4, 0.5) is 35.1 Å². The molecule has 0 radical (unpaired) electrons. The second-order valence-electron chi connectivity index (χ2n) is 5.81. The van der Waals surface area contributed by atoms with E-state index in [0.29, 0.717) is 16.4 Å². The maximum absolute atomic E-state index is 14.3. The lowest BCUT2D eigenvalue weighted by molar-refractivity contribution is -0.144. The van der Waals surface area contributed by atoms with Crippen molar-refractivity contribution < 1.29 is 35.1 Å². The Balaban J connectivity index is 2.50. The number of aromatic nitrogens is 2. The number of hydrogen-bond donors (Lipinski definition) is 0. The van der Waals surface area contributed by atoms with Gasteiger partial charge in [0.05, 0.1) is 5.75 Å². The lowest BCUT2D eigenvalue weighted by Crippen LogP contribution is -2.29. The highest BCUT2D eigenvalue weighted by Crippen LogP contribution is 2.35. The second-order valence-corrected chi connectivity index (χ2v) is 6.83. The Hall–Kier alpha value is -2.11. The molecule has 0 atom stereocenters. The first kappa shape index (κ1) is 22.2. The molecular formula is C16H12F8N2OS. The van der Waals surface area contributed by atoms with E-state index < -0.39 is 52.5 Å². The van der Waals surface area contributed by atoms with Crippen LogP contribution >= 0.6 is 11.8 Å². The van der Waals surface area contributed by atoms with Gasteiger partial charge in [-0.15, -0.1) is 11.8 Å². The van der Waals surface area contributed by atoms with Gasteiger partial charge in [0.2, 0.25) is 5.43 Å². The van der Waals surface area contributed by atoms with E-state index >= 15 is 0 Å². The van der Waals surface area contributed by atoms with Crippen molar-refractivity contribution in [2.24, 2.45) is 7.05 Å². The molecule has 2 rings (SSSR count). The molecule has 12 heteroatoms. The van der Waals surface area contributed by atoms with Crippen LogP contribution in [-0.4, -0.2) is 27.9 Å². The third-order valence-electron chi connectivity index (χ3n) is 3.65. The van der Waals surface area contributed by atoms with E-state index in [4.69, 9.17) is 0 Å². The molecule has 0 aliphatic rings. The summed E-state index contributed by atoms with van der Waals surface area (Å²) in [5.41, 5.74) is -3.67. The molecule has 1 aromatic carbocycles. The summed E-state index contributed by atoms with van der Waals surface area (Å²) in [6, 6.07) is 2.02. The van der Waals surface area contributed by atoms with Crippen molar-refractivity contribution in [2.75, 3.05) is 5.75 Å². The summed E-state index contributed by atoms with van der Waals surface area (Å²) in [6.07, 6.45) is -8.77. The monoisotopic (exact) mass is 432 g/mol. The molecule has 0 fully saturated rings. The van der Waals surface area contributed by atoms with Gasteiger partial charge < -0.3 is 0 Å². The van der Waals surface area contributed by atoms with Crippen LogP contribution in [0.5, 0.6) is 0 Å². The van der Waals surface area contributed by atoms with Crippen LogP contribution in [0.15, 0.2) is 27.9 Å². The first-order valence-corrected chi connectivity index (χ1v) is 8.47. The fourth-order valence-corrected chi connectivity index (χ4v) is 3.18. The number of halogens is 8. The van der Waals surface area contributed by atoms with E-state index in [2.05, 4.69) is 5.10 Å². The van der Waals surface area contributed by atoms with Gasteiger partial charge in [0.1, 0.15) is 17.2 Å². The third-order valence-corrected chi connectivity index (χ3v) is 4.93. The molecule has 154 valence electrons. The minimum absolute atomic E-state index is 0.0412. The van der Waals surface area contributed by atoms with Crippen molar-refractivity contribution >= 4 is 11.8 Å². The fourth-order valence-electron chi connectivity index (χ4n) is 2.22. The highest BCUT2D eigenvalue weighted by molar-refractivity contribution is 7.99. The van der Waals surface area contributed by atoms with Gasteiger partial charge >= 0.3 is 18.5 Å². The molecule has 1 heterocycles. The van der Waals surface area contributed by atoms with Gasteiger partial charge in [-0.2, -0.15) is 27.1 Å². The van der Waals surface area contributed by atoms with Crippen LogP contribution in [0, 0.1) is 12.7 Å². The van der Waals surface area contributed by atoms with Crippen LogP contribution in [0.1, 0.15) is 11.3 Å². The predicted octanol–water partition coefficient (Wildman–Crippen LogP) is 4.91. The molecule has 1 aromatic heterocycles. The molecule has 3 nitrogen and oxygen atoms in total. The Kier molecular flexibility index (Phi) is 6.12. The SMILES string of the molecule is Cc1cc(F)c(-c2nn(C)c(C(F)(F)F)cc2=O)cc1SCC(F)(F)C(F)F. The number of nitrogens with zero attached hydrogens (tertiary/aromatic N) is 2. The average Bonchev–Trinajstić information content (AvgIpc) is 2.55. The molecule has 0 unspecified atom stereocenters. The standard InChI is InChI=1S/C16H12F8N2OS/c1-7-3-9(17)8(4-11(7)28-6-15(20,21)14(18)19)13-10(27)5-12(16(22,23)24)26(2)25-13/h3-5,14H,6H2,1-2H3. The predicted molar refractivity (Wildman–Crippen MR) is 86.3 cm³/mol. The molecule has 0 spiro atoms. The van der Waals surface area contributed by atoms with E-state index in [1.165, 1.54) is 6.92 Å². The van der Waals surface area contributed by atoms with Crippen molar-refractivity contribution in [2.45, 2.75) is 30.3 Å². The summed E-state index contributed by atoms with van der Waals surface area (Å²) in [6.45, 7) is 1.33. The zero-order valence-electron chi connectivity index (χ0n) is 14.3. The van der Waals surface area contributed by atoms with Gasteiger partial charge in [-0.1, -0.05) is 0 Å². The number of aryl methyl sites for hydroxylation is 2. The van der Waals surface area contributed by atoms with Gasteiger partial charge in [0.15, 0.2) is 0 Å². The van der Waals surface area contributed by atoms with Crippen LogP contribution < -0.4 is 5.43 Å². The summed E-state index contributed by atoms with van der Waals surface area (Å²) < 4.78 is 104. The van der Waals surface area contributed by atoms with E-state index in [1.54, 1.807) is 0 Å². The maximum Gasteiger partial charge on any atom is 0.433 e. The Labute approximate surface area is 157 Å². The van der Waals surface area contributed by atoms with Gasteiger partial charge in [-0.05, 0) is 24.6 Å². The Bertz CT molecular complexity index is 939. The van der Waals surface area contributed by atoms with E-state index in [-0.39, 0.29) is 16.5 Å². The van der Waals surface area contributed by atoms with Crippen molar-refractivity contribution in [3.05, 3.63) is 45.5 Å². The summed E-state index contributed by atoms with van der Waals surface area (Å²) in [5.74, 6) is -6.63. The Morgan fingerprint density at radius 2 is 1.75 bits per heavy atom. The molecule has 0 aliphatic carbocycles. The molecule has 28 heavy (non-hydrogen) atoms. The maximum atomic E-state index is 14.3. The summed E-state index contributed by atoms with van der Waals surface area (Å²) in [7, 11) is 0.900. The van der Waals surface area contributed by atoms with Crippen LogP contribution in [0.2, 0.25) is 0 Å². The molecule has 0 saturated heterocycles. The number of benzene rings is 1. The van der Waals surface area contributed by atoms with Crippen molar-refractivity contribution in [3.63, 3.8) is 0 Å². The first-order chi connectivity index (χ1) is 12.7. The molecule has 0 amide bonds. The summed E-state index contributed by atoms with van der Waals surface area (Å²) in [5, 5.41) is 3.44. The molecule has 0 aliphatic heterocycles. The minimum atomic E-state index is -4.87. The Morgan fingerprint density at radius 1 is 1.14 bits per heavy atom. The quantitative estimate of drug-likeness (QED) is 0.498. The van der Waals surface area contributed by atoms with Gasteiger partial charge in [-0.25, -0.2) is 13.2 Å². The fraction of sp³-hybridized carbons (Fsp3) is 0.375. The van der Waals surface area contributed by atoms with E-state index in [9.17, 15) is 39.9 Å². The molecular weight excluding hydrogens is 420 g/mol. The smallest absolute Gasteiger partial charge is 0.287 e. The van der Waals surface area contributed by atoms with Crippen LogP contribution in [0.3, 0.4) is 0 Å². The lowest BCUT2D eigenvalue weighted by atomic mass is 10.1. The zero-order valence-corrected chi connectivity index (χ0v) is 15.1. The first-order valence-electron chi connectivity index (χ1n) is 7.49. The molecule has 2 aromatic rings. The number of alkyl halides is 7. The van der Waals surface area contributed by atoms with Crippen LogP contribution in [0.25, 0.3) is 11.3 Å². The normalized spacial score (nSPS) is 12.7. The molecule has 0 saturated carbocycles. The minimum Gasteiger partial charge on any atom is -0.287 e. The summed E-state index contributed by atoms with van der Waals surface area (Å²) >= 11 is 0.304. The highest BCUT2D eigenvalue weighted by atomic mass is 32.2. The molecule has 0 N–H and O–H groups in total. The van der Waals surface area contributed by atoms with Crippen molar-refractivity contribution in [1.82, 2.24) is 9.78 Å². The topological polar surface area (TPSA) is 34.9 Å². The second kappa shape index (κ2) is 7.72. The Morgan fingerprint density at radius 3 is 2.29 bits per heavy atom. The third kappa shape index (κ3) is 4.65. The number of rotatable bonds is 5. The number of thioether (sulfide) groups is 1. The number of hydrogen-bond acceptors (Lipinski definition) is 3. The highest BCUT2D eigenvalue weighted by Gasteiger charge is 2.40. The van der Waals surface area contributed by atoms with Gasteiger partial charge in [-0.3, -0.25) is 9.48 Å². The largest absolute Gasteiger partial charge is 0.433 e.